The molecule has 0 saturated carbocycles. The minimum Gasteiger partial charge on any atom is -0.335 e. The number of carbonyl (C=O) groups is 1. The summed E-state index contributed by atoms with van der Waals surface area (Å²) in [6.07, 6.45) is 6.86. The fraction of sp³-hybridized carbons (Fsp3) is 0.909. The molecule has 0 aromatic carbocycles. The van der Waals surface area contributed by atoms with Gasteiger partial charge in [-0.05, 0) is 12.8 Å². The van der Waals surface area contributed by atoms with E-state index in [1.54, 1.807) is 4.90 Å². The predicted octanol–water partition coefficient (Wildman–Crippen LogP) is 1.06. The van der Waals surface area contributed by atoms with E-state index >= 15 is 0 Å². The topological polar surface area (TPSA) is 21.5 Å². The highest BCUT2D eigenvalue weighted by atomic mass is 16.1. The van der Waals surface area contributed by atoms with E-state index in [-0.39, 0.29) is 0 Å². The third-order valence-electron chi connectivity index (χ3n) is 2.38. The van der Waals surface area contributed by atoms with Crippen LogP contribution in [0.2, 0.25) is 0 Å². The highest BCUT2D eigenvalue weighted by Crippen LogP contribution is 1.83. The summed E-state index contributed by atoms with van der Waals surface area (Å²) in [4.78, 5) is 11.9. The molecule has 0 saturated heterocycles. The first-order chi connectivity index (χ1) is 6.35. The van der Waals surface area contributed by atoms with Crippen LogP contribution in [0.4, 0.5) is 0 Å². The number of hydrogen-bond donors (Lipinski definition) is 1. The normalized spacial score (nSPS) is 10.7. The number of carbonyl (C=O) groups excluding carboxylic acids is 1. The van der Waals surface area contributed by atoms with Crippen LogP contribution < -0.4 is 4.90 Å². The van der Waals surface area contributed by atoms with E-state index in [9.17, 15) is 4.79 Å². The summed E-state index contributed by atoms with van der Waals surface area (Å²) < 4.78 is 0. The lowest BCUT2D eigenvalue weighted by Gasteiger charge is -2.17. The summed E-state index contributed by atoms with van der Waals surface area (Å²) in [6.45, 7) is 7.95. The Morgan fingerprint density at radius 2 is 1.54 bits per heavy atom. The molecule has 0 aliphatic heterocycles. The van der Waals surface area contributed by atoms with Gasteiger partial charge in [0.1, 0.15) is 6.29 Å². The molecular weight excluding hydrogens is 162 g/mol. The van der Waals surface area contributed by atoms with Gasteiger partial charge >= 0.3 is 0 Å². The molecule has 2 nitrogen and oxygen atoms in total. The minimum absolute atomic E-state index is 0.725. The SMILES string of the molecule is CCCC[NH+](CCC=O)CCCC. The lowest BCUT2D eigenvalue weighted by molar-refractivity contribution is -0.899. The van der Waals surface area contributed by atoms with Crippen LogP contribution in [0.15, 0.2) is 0 Å². The lowest BCUT2D eigenvalue weighted by Crippen LogP contribution is -3.12. The molecule has 2 heteroatoms. The van der Waals surface area contributed by atoms with Gasteiger partial charge in [-0.25, -0.2) is 0 Å². The van der Waals surface area contributed by atoms with Gasteiger partial charge in [-0.3, -0.25) is 0 Å². The van der Waals surface area contributed by atoms with Gasteiger partial charge in [-0.15, -0.1) is 0 Å². The molecule has 0 radical (unpaired) electrons. The summed E-state index contributed by atoms with van der Waals surface area (Å²) in [5, 5.41) is 0. The molecule has 0 atom stereocenters. The second-order valence-electron chi connectivity index (χ2n) is 3.66. The number of nitrogens with one attached hydrogen (secondary N) is 1. The molecule has 0 aromatic rings. The van der Waals surface area contributed by atoms with Gasteiger partial charge in [-0.2, -0.15) is 0 Å². The standard InChI is InChI=1S/C11H23NO/c1-3-5-8-12(9-6-4-2)10-7-11-13/h11H,3-10H2,1-2H3/p+1. The Morgan fingerprint density at radius 3 is 1.92 bits per heavy atom. The third-order valence-corrected chi connectivity index (χ3v) is 2.38. The molecule has 0 aliphatic carbocycles. The van der Waals surface area contributed by atoms with E-state index in [0.717, 1.165) is 19.3 Å². The molecule has 0 amide bonds. The quantitative estimate of drug-likeness (QED) is 0.534. The molecule has 78 valence electrons. The summed E-state index contributed by atoms with van der Waals surface area (Å²) >= 11 is 0. The molecule has 0 aromatic heterocycles. The van der Waals surface area contributed by atoms with Crippen molar-refractivity contribution in [1.82, 2.24) is 0 Å². The van der Waals surface area contributed by atoms with Crippen LogP contribution >= 0.6 is 0 Å². The fourth-order valence-electron chi connectivity index (χ4n) is 1.49. The predicted molar refractivity (Wildman–Crippen MR) is 56.1 cm³/mol. The Labute approximate surface area is 82.3 Å². The zero-order chi connectivity index (χ0) is 9.94. The third kappa shape index (κ3) is 7.97. The number of quaternary nitrogens is 1. The maximum absolute atomic E-state index is 10.2. The fourth-order valence-corrected chi connectivity index (χ4v) is 1.49. The van der Waals surface area contributed by atoms with Crippen LogP contribution in [0.5, 0.6) is 0 Å². The number of aldehydes is 1. The van der Waals surface area contributed by atoms with Crippen molar-refractivity contribution in [2.75, 3.05) is 19.6 Å². The van der Waals surface area contributed by atoms with E-state index in [4.69, 9.17) is 0 Å². The first-order valence-electron chi connectivity index (χ1n) is 5.62. The van der Waals surface area contributed by atoms with Crippen LogP contribution in [0.3, 0.4) is 0 Å². The number of unbranched alkanes of at least 4 members (excludes halogenated alkanes) is 2. The smallest absolute Gasteiger partial charge is 0.125 e. The maximum Gasteiger partial charge on any atom is 0.125 e. The molecule has 0 rings (SSSR count). The van der Waals surface area contributed by atoms with Crippen molar-refractivity contribution in [3.63, 3.8) is 0 Å². The van der Waals surface area contributed by atoms with Crippen molar-refractivity contribution in [2.45, 2.75) is 46.0 Å². The van der Waals surface area contributed by atoms with Crippen LogP contribution in [0, 0.1) is 0 Å². The lowest BCUT2D eigenvalue weighted by atomic mass is 10.2. The van der Waals surface area contributed by atoms with Crippen molar-refractivity contribution in [2.24, 2.45) is 0 Å². The van der Waals surface area contributed by atoms with E-state index in [1.807, 2.05) is 0 Å². The van der Waals surface area contributed by atoms with E-state index in [2.05, 4.69) is 13.8 Å². The molecule has 0 bridgehead atoms. The summed E-state index contributed by atoms with van der Waals surface area (Å²) in [6, 6.07) is 0. The first-order valence-corrected chi connectivity index (χ1v) is 5.62. The molecule has 0 unspecified atom stereocenters. The van der Waals surface area contributed by atoms with Gasteiger partial charge in [-0.1, -0.05) is 26.7 Å². The molecule has 0 fully saturated rings. The molecule has 13 heavy (non-hydrogen) atoms. The maximum atomic E-state index is 10.2. The summed E-state index contributed by atoms with van der Waals surface area (Å²) in [5.74, 6) is 0. The van der Waals surface area contributed by atoms with Gasteiger partial charge in [0.25, 0.3) is 0 Å². The van der Waals surface area contributed by atoms with Crippen molar-refractivity contribution in [3.05, 3.63) is 0 Å². The van der Waals surface area contributed by atoms with Gasteiger partial charge < -0.3 is 9.69 Å². The average molecular weight is 186 g/mol. The largest absolute Gasteiger partial charge is 0.335 e. The first kappa shape index (κ1) is 12.6. The van der Waals surface area contributed by atoms with Crippen LogP contribution in [0.25, 0.3) is 0 Å². The Morgan fingerprint density at radius 1 is 1.00 bits per heavy atom. The van der Waals surface area contributed by atoms with Gasteiger partial charge in [0.2, 0.25) is 0 Å². The highest BCUT2D eigenvalue weighted by Gasteiger charge is 2.05. The zero-order valence-corrected chi connectivity index (χ0v) is 9.14. The molecular formula is C11H24NO+. The van der Waals surface area contributed by atoms with Crippen molar-refractivity contribution >= 4 is 6.29 Å². The minimum atomic E-state index is 0.725. The second kappa shape index (κ2) is 9.72. The van der Waals surface area contributed by atoms with Crippen molar-refractivity contribution in [1.29, 1.82) is 0 Å². The van der Waals surface area contributed by atoms with E-state index < -0.39 is 0 Å². The van der Waals surface area contributed by atoms with E-state index in [0.29, 0.717) is 0 Å². The zero-order valence-electron chi connectivity index (χ0n) is 9.14. The number of rotatable bonds is 9. The van der Waals surface area contributed by atoms with Crippen LogP contribution in [-0.2, 0) is 4.79 Å². The molecule has 1 N–H and O–H groups in total. The second-order valence-corrected chi connectivity index (χ2v) is 3.66. The van der Waals surface area contributed by atoms with Gasteiger partial charge in [0.05, 0.1) is 26.1 Å². The van der Waals surface area contributed by atoms with Gasteiger partial charge in [0, 0.05) is 0 Å². The van der Waals surface area contributed by atoms with E-state index in [1.165, 1.54) is 38.8 Å². The summed E-state index contributed by atoms with van der Waals surface area (Å²) in [5.41, 5.74) is 0. The highest BCUT2D eigenvalue weighted by molar-refractivity contribution is 5.49. The monoisotopic (exact) mass is 186 g/mol. The Hall–Kier alpha value is -0.370. The molecule has 0 heterocycles. The van der Waals surface area contributed by atoms with Crippen LogP contribution in [0.1, 0.15) is 46.0 Å². The Bertz CT molecular complexity index is 107. The van der Waals surface area contributed by atoms with Gasteiger partial charge in [0.15, 0.2) is 0 Å². The summed E-state index contributed by atoms with van der Waals surface area (Å²) in [7, 11) is 0. The van der Waals surface area contributed by atoms with Crippen LogP contribution in [-0.4, -0.2) is 25.9 Å². The number of hydrogen-bond acceptors (Lipinski definition) is 1. The average Bonchev–Trinajstić information content (AvgIpc) is 2.17. The molecule has 0 aliphatic rings. The Kier molecular flexibility index (Phi) is 9.44. The van der Waals surface area contributed by atoms with Crippen molar-refractivity contribution in [3.8, 4) is 0 Å². The Balaban J connectivity index is 3.52. The van der Waals surface area contributed by atoms with Crippen molar-refractivity contribution < 1.29 is 9.69 Å². The molecule has 0 spiro atoms.